The van der Waals surface area contributed by atoms with Crippen molar-refractivity contribution < 1.29 is 8.94 Å². The van der Waals surface area contributed by atoms with Gasteiger partial charge in [-0.2, -0.15) is 4.98 Å². The Labute approximate surface area is 67.3 Å². The highest BCUT2D eigenvalue weighted by Crippen LogP contribution is 2.16. The first kappa shape index (κ1) is 6.86. The first-order chi connectivity index (χ1) is 5.90. The highest BCUT2D eigenvalue weighted by atomic mass is 16.5. The van der Waals surface area contributed by atoms with Crippen LogP contribution in [-0.2, 0) is 0 Å². The van der Waals surface area contributed by atoms with Gasteiger partial charge < -0.3 is 8.94 Å². The molecule has 0 aliphatic rings. The van der Waals surface area contributed by atoms with Gasteiger partial charge in [0.15, 0.2) is 0 Å². The van der Waals surface area contributed by atoms with Crippen molar-refractivity contribution in [3.63, 3.8) is 0 Å². The monoisotopic (exact) mass is 166 g/mol. The highest BCUT2D eigenvalue weighted by molar-refractivity contribution is 5.52. The van der Waals surface area contributed by atoms with E-state index >= 15 is 0 Å². The Kier molecular flexibility index (Phi) is 1.52. The van der Waals surface area contributed by atoms with E-state index in [0.29, 0.717) is 5.82 Å². The number of hydrazine groups is 1. The van der Waals surface area contributed by atoms with Gasteiger partial charge in [-0.3, -0.25) is 5.43 Å². The van der Waals surface area contributed by atoms with Crippen LogP contribution in [0.1, 0.15) is 0 Å². The molecule has 0 saturated heterocycles. The molecule has 0 spiro atoms. The molecular formula is C6H6N4O2. The molecule has 0 amide bonds. The summed E-state index contributed by atoms with van der Waals surface area (Å²) in [6, 6.07) is 1.90. The Hall–Kier alpha value is -1.82. The molecule has 2 aromatic heterocycles. The summed E-state index contributed by atoms with van der Waals surface area (Å²) in [6.45, 7) is 0. The van der Waals surface area contributed by atoms with Gasteiger partial charge in [0.25, 0.3) is 0 Å². The van der Waals surface area contributed by atoms with Crippen LogP contribution in [0.3, 0.4) is 0 Å². The van der Waals surface area contributed by atoms with E-state index in [4.69, 9.17) is 14.8 Å². The number of nitrogens with one attached hydrogen (secondary N) is 1. The van der Waals surface area contributed by atoms with Gasteiger partial charge in [0, 0.05) is 0 Å². The molecule has 2 rings (SSSR count). The van der Waals surface area contributed by atoms with Crippen molar-refractivity contribution in [1.82, 2.24) is 10.1 Å². The van der Waals surface area contributed by atoms with Gasteiger partial charge >= 0.3 is 6.01 Å². The molecule has 0 unspecified atom stereocenters. The molecule has 0 fully saturated rings. The molecule has 0 aliphatic carbocycles. The number of aromatic nitrogens is 2. The normalized spacial score (nSPS) is 10.1. The van der Waals surface area contributed by atoms with Crippen LogP contribution >= 0.6 is 0 Å². The smallest absolute Gasteiger partial charge is 0.335 e. The number of anilines is 1. The summed E-state index contributed by atoms with van der Waals surface area (Å²) >= 11 is 0. The molecule has 6 nitrogen and oxygen atoms in total. The number of rotatable bonds is 2. The molecule has 62 valence electrons. The number of nitrogens with zero attached hydrogens (tertiary/aromatic N) is 2. The minimum Gasteiger partial charge on any atom is -0.472 e. The lowest BCUT2D eigenvalue weighted by molar-refractivity contribution is 0.432. The minimum absolute atomic E-state index is 0.172. The maximum atomic E-state index is 5.05. The molecule has 0 saturated carbocycles. The third-order valence-corrected chi connectivity index (χ3v) is 1.33. The molecule has 0 aliphatic heterocycles. The molecule has 2 aromatic rings. The summed E-state index contributed by atoms with van der Waals surface area (Å²) in [5.74, 6) is 5.49. The van der Waals surface area contributed by atoms with Crippen LogP contribution in [0, 0.1) is 0 Å². The first-order valence-electron chi connectivity index (χ1n) is 3.23. The zero-order valence-corrected chi connectivity index (χ0v) is 6.02. The Balaban J connectivity index is 2.35. The van der Waals surface area contributed by atoms with Crippen molar-refractivity contribution in [2.24, 2.45) is 5.84 Å². The Bertz CT molecular complexity index is 353. The van der Waals surface area contributed by atoms with Crippen LogP contribution in [-0.4, -0.2) is 10.1 Å². The average molecular weight is 166 g/mol. The van der Waals surface area contributed by atoms with Crippen molar-refractivity contribution >= 4 is 6.01 Å². The molecule has 0 radical (unpaired) electrons. The number of nitrogen functional groups attached to an aromatic ring is 1. The third-order valence-electron chi connectivity index (χ3n) is 1.33. The van der Waals surface area contributed by atoms with Crippen molar-refractivity contribution in [1.29, 1.82) is 0 Å². The summed E-state index contributed by atoms with van der Waals surface area (Å²) in [5.41, 5.74) is 2.99. The molecule has 12 heavy (non-hydrogen) atoms. The van der Waals surface area contributed by atoms with Crippen LogP contribution in [0.15, 0.2) is 27.5 Å². The average Bonchev–Trinajstić information content (AvgIpc) is 2.75. The van der Waals surface area contributed by atoms with Gasteiger partial charge in [0.05, 0.1) is 11.8 Å². The van der Waals surface area contributed by atoms with E-state index in [2.05, 4.69) is 15.6 Å². The lowest BCUT2D eigenvalue weighted by atomic mass is 10.3. The Morgan fingerprint density at radius 1 is 1.50 bits per heavy atom. The van der Waals surface area contributed by atoms with Crippen LogP contribution in [0.5, 0.6) is 0 Å². The minimum atomic E-state index is 0.172. The molecular weight excluding hydrogens is 160 g/mol. The molecule has 0 aromatic carbocycles. The third kappa shape index (κ3) is 1.04. The maximum absolute atomic E-state index is 5.05. The molecule has 3 N–H and O–H groups in total. The van der Waals surface area contributed by atoms with Gasteiger partial charge in [0.2, 0.25) is 5.82 Å². The summed E-state index contributed by atoms with van der Waals surface area (Å²) in [5, 5.41) is 3.64. The number of hydrogen-bond donors (Lipinski definition) is 2. The van der Waals surface area contributed by atoms with Crippen molar-refractivity contribution in [2.45, 2.75) is 0 Å². The molecule has 2 heterocycles. The molecule has 0 bridgehead atoms. The number of furan rings is 1. The standard InChI is InChI=1S/C6H6N4O2/c7-9-6-8-5(10-12-6)4-1-2-11-3-4/h1-3H,7H2,(H,8,9,10). The molecule has 0 atom stereocenters. The van der Waals surface area contributed by atoms with E-state index in [1.165, 1.54) is 12.5 Å². The maximum Gasteiger partial charge on any atom is 0.335 e. The van der Waals surface area contributed by atoms with Gasteiger partial charge in [-0.15, -0.1) is 0 Å². The van der Waals surface area contributed by atoms with Crippen LogP contribution in [0.4, 0.5) is 6.01 Å². The SMILES string of the molecule is NNc1nc(-c2ccoc2)no1. The number of nitrogens with two attached hydrogens (primary N) is 1. The molecule has 6 heteroatoms. The predicted molar refractivity (Wildman–Crippen MR) is 39.8 cm³/mol. The summed E-state index contributed by atoms with van der Waals surface area (Å²) in [6.07, 6.45) is 3.05. The van der Waals surface area contributed by atoms with Crippen molar-refractivity contribution in [2.75, 3.05) is 5.43 Å². The second kappa shape index (κ2) is 2.67. The van der Waals surface area contributed by atoms with E-state index in [1.54, 1.807) is 6.07 Å². The topological polar surface area (TPSA) is 90.1 Å². The largest absolute Gasteiger partial charge is 0.472 e. The fraction of sp³-hybridized carbons (Fsp3) is 0. The summed E-state index contributed by atoms with van der Waals surface area (Å²) in [4.78, 5) is 3.90. The fourth-order valence-corrected chi connectivity index (χ4v) is 0.791. The second-order valence-electron chi connectivity index (χ2n) is 2.08. The van der Waals surface area contributed by atoms with Gasteiger partial charge in [-0.05, 0) is 6.07 Å². The fourth-order valence-electron chi connectivity index (χ4n) is 0.791. The van der Waals surface area contributed by atoms with Gasteiger partial charge in [-0.1, -0.05) is 5.16 Å². The highest BCUT2D eigenvalue weighted by Gasteiger charge is 2.07. The van der Waals surface area contributed by atoms with Gasteiger partial charge in [-0.25, -0.2) is 5.84 Å². The first-order valence-corrected chi connectivity index (χ1v) is 3.23. The van der Waals surface area contributed by atoms with E-state index in [1.807, 2.05) is 0 Å². The van der Waals surface area contributed by atoms with Crippen LogP contribution in [0.2, 0.25) is 0 Å². The number of hydrogen-bond acceptors (Lipinski definition) is 6. The van der Waals surface area contributed by atoms with Crippen molar-refractivity contribution in [3.8, 4) is 11.4 Å². The van der Waals surface area contributed by atoms with E-state index in [0.717, 1.165) is 5.56 Å². The van der Waals surface area contributed by atoms with E-state index in [9.17, 15) is 0 Å². The van der Waals surface area contributed by atoms with Crippen LogP contribution < -0.4 is 11.3 Å². The van der Waals surface area contributed by atoms with Gasteiger partial charge in [0.1, 0.15) is 6.26 Å². The zero-order chi connectivity index (χ0) is 8.39. The predicted octanol–water partition coefficient (Wildman–Crippen LogP) is 0.615. The summed E-state index contributed by atoms with van der Waals surface area (Å²) < 4.78 is 9.54. The van der Waals surface area contributed by atoms with Crippen LogP contribution in [0.25, 0.3) is 11.4 Å². The van der Waals surface area contributed by atoms with E-state index in [-0.39, 0.29) is 6.01 Å². The zero-order valence-electron chi connectivity index (χ0n) is 6.02. The van der Waals surface area contributed by atoms with E-state index < -0.39 is 0 Å². The lowest BCUT2D eigenvalue weighted by Gasteiger charge is -1.83. The van der Waals surface area contributed by atoms with Crippen molar-refractivity contribution in [3.05, 3.63) is 18.6 Å². The second-order valence-corrected chi connectivity index (χ2v) is 2.08. The Morgan fingerprint density at radius 2 is 2.42 bits per heavy atom. The quantitative estimate of drug-likeness (QED) is 0.502. The summed E-state index contributed by atoms with van der Waals surface area (Å²) in [7, 11) is 0. The Morgan fingerprint density at radius 3 is 3.00 bits per heavy atom. The lowest BCUT2D eigenvalue weighted by Crippen LogP contribution is -2.06.